The van der Waals surface area contributed by atoms with Crippen molar-refractivity contribution in [1.29, 1.82) is 0 Å². The number of hydrogen-bond acceptors (Lipinski definition) is 5. The van der Waals surface area contributed by atoms with Crippen LogP contribution in [0.3, 0.4) is 0 Å². The summed E-state index contributed by atoms with van der Waals surface area (Å²) in [6.07, 6.45) is 0. The molecule has 0 fully saturated rings. The van der Waals surface area contributed by atoms with Crippen molar-refractivity contribution in [2.75, 3.05) is 6.61 Å². The van der Waals surface area contributed by atoms with Crippen LogP contribution in [0.15, 0.2) is 48.5 Å². The van der Waals surface area contributed by atoms with Crippen LogP contribution in [0.4, 0.5) is 0 Å². The molecule has 0 aromatic heterocycles. The third-order valence-electron chi connectivity index (χ3n) is 3.80. The molecule has 0 radical (unpaired) electrons. The summed E-state index contributed by atoms with van der Waals surface area (Å²) in [5.74, 6) is -1.84. The van der Waals surface area contributed by atoms with Crippen LogP contribution in [0.1, 0.15) is 43.6 Å². The zero-order valence-corrected chi connectivity index (χ0v) is 13.5. The molecule has 0 atom stereocenters. The lowest BCUT2D eigenvalue weighted by molar-refractivity contribution is -0.120. The fraction of sp³-hybridized carbons (Fsp3) is 0.158. The standard InChI is InChI=1S/C19H15NO5/c1-12(21)11-25-19(24)14-7-8-15-16(9-14)18(23)20(17(15)22)10-13-5-3-2-4-6-13/h2-9H,10-11H2,1H3. The van der Waals surface area contributed by atoms with Gasteiger partial charge in [0.25, 0.3) is 11.8 Å². The van der Waals surface area contributed by atoms with E-state index in [4.69, 9.17) is 4.74 Å². The molecule has 6 heteroatoms. The zero-order chi connectivity index (χ0) is 18.0. The van der Waals surface area contributed by atoms with E-state index in [1.807, 2.05) is 30.3 Å². The summed E-state index contributed by atoms with van der Waals surface area (Å²) in [7, 11) is 0. The molecule has 0 spiro atoms. The third-order valence-corrected chi connectivity index (χ3v) is 3.80. The Morgan fingerprint density at radius 3 is 2.32 bits per heavy atom. The predicted molar refractivity (Wildman–Crippen MR) is 88.1 cm³/mol. The number of amides is 2. The molecular weight excluding hydrogens is 322 g/mol. The molecule has 1 aliphatic rings. The van der Waals surface area contributed by atoms with E-state index in [1.54, 1.807) is 0 Å². The minimum Gasteiger partial charge on any atom is -0.454 e. The summed E-state index contributed by atoms with van der Waals surface area (Å²) in [6, 6.07) is 13.4. The second-order valence-electron chi connectivity index (χ2n) is 5.72. The van der Waals surface area contributed by atoms with E-state index in [-0.39, 0.29) is 35.6 Å². The van der Waals surface area contributed by atoms with Crippen molar-refractivity contribution in [2.45, 2.75) is 13.5 Å². The van der Waals surface area contributed by atoms with E-state index in [2.05, 4.69) is 0 Å². The number of benzene rings is 2. The number of fused-ring (bicyclic) bond motifs is 1. The molecule has 1 heterocycles. The van der Waals surface area contributed by atoms with Crippen LogP contribution >= 0.6 is 0 Å². The van der Waals surface area contributed by atoms with Gasteiger partial charge in [-0.05, 0) is 30.7 Å². The molecule has 0 saturated carbocycles. The second kappa shape index (κ2) is 6.68. The van der Waals surface area contributed by atoms with Gasteiger partial charge in [-0.2, -0.15) is 0 Å². The van der Waals surface area contributed by atoms with Crippen molar-refractivity contribution in [2.24, 2.45) is 0 Å². The Balaban J connectivity index is 1.83. The Kier molecular flexibility index (Phi) is 4.43. The van der Waals surface area contributed by atoms with Gasteiger partial charge < -0.3 is 4.74 Å². The fourth-order valence-electron chi connectivity index (χ4n) is 2.58. The lowest BCUT2D eigenvalue weighted by atomic mass is 10.1. The molecule has 6 nitrogen and oxygen atoms in total. The predicted octanol–water partition coefficient (Wildman–Crippen LogP) is 2.23. The molecule has 0 N–H and O–H groups in total. The highest BCUT2D eigenvalue weighted by molar-refractivity contribution is 6.21. The van der Waals surface area contributed by atoms with Gasteiger partial charge in [0, 0.05) is 0 Å². The first-order valence-electron chi connectivity index (χ1n) is 7.68. The Morgan fingerprint density at radius 2 is 1.64 bits per heavy atom. The van der Waals surface area contributed by atoms with Crippen LogP contribution in [0, 0.1) is 0 Å². The summed E-state index contributed by atoms with van der Waals surface area (Å²) in [4.78, 5) is 49.0. The van der Waals surface area contributed by atoms with Crippen LogP contribution in [-0.2, 0) is 16.1 Å². The molecule has 1 aliphatic heterocycles. The smallest absolute Gasteiger partial charge is 0.338 e. The molecule has 0 unspecified atom stereocenters. The molecular formula is C19H15NO5. The number of nitrogens with zero attached hydrogens (tertiary/aromatic N) is 1. The highest BCUT2D eigenvalue weighted by Gasteiger charge is 2.36. The van der Waals surface area contributed by atoms with Gasteiger partial charge in [0.05, 0.1) is 23.2 Å². The molecule has 0 aliphatic carbocycles. The van der Waals surface area contributed by atoms with Crippen molar-refractivity contribution in [3.8, 4) is 0 Å². The van der Waals surface area contributed by atoms with Gasteiger partial charge in [-0.15, -0.1) is 0 Å². The number of rotatable bonds is 5. The van der Waals surface area contributed by atoms with Crippen LogP contribution in [0.5, 0.6) is 0 Å². The number of ether oxygens (including phenoxy) is 1. The zero-order valence-electron chi connectivity index (χ0n) is 13.5. The maximum absolute atomic E-state index is 12.6. The number of carbonyl (C=O) groups excluding carboxylic acids is 4. The Labute approximate surface area is 144 Å². The monoisotopic (exact) mass is 337 g/mol. The molecule has 2 amide bonds. The normalized spacial score (nSPS) is 12.9. The van der Waals surface area contributed by atoms with Gasteiger partial charge in [0.1, 0.15) is 6.61 Å². The van der Waals surface area contributed by atoms with Gasteiger partial charge in [-0.25, -0.2) is 4.79 Å². The lowest BCUT2D eigenvalue weighted by Gasteiger charge is -2.13. The van der Waals surface area contributed by atoms with E-state index in [9.17, 15) is 19.2 Å². The molecule has 126 valence electrons. The minimum absolute atomic E-state index is 0.128. The molecule has 2 aromatic rings. The first kappa shape index (κ1) is 16.6. The number of hydrogen-bond donors (Lipinski definition) is 0. The van der Waals surface area contributed by atoms with Gasteiger partial charge in [-0.1, -0.05) is 30.3 Å². The maximum Gasteiger partial charge on any atom is 0.338 e. The summed E-state index contributed by atoms with van der Waals surface area (Å²) in [5, 5.41) is 0. The van der Waals surface area contributed by atoms with Gasteiger partial charge in [0.2, 0.25) is 0 Å². The highest BCUT2D eigenvalue weighted by atomic mass is 16.5. The van der Waals surface area contributed by atoms with Gasteiger partial charge >= 0.3 is 5.97 Å². The first-order valence-corrected chi connectivity index (χ1v) is 7.68. The average Bonchev–Trinajstić information content (AvgIpc) is 2.85. The SMILES string of the molecule is CC(=O)COC(=O)c1ccc2c(c1)C(=O)N(Cc1ccccc1)C2=O. The van der Waals surface area contributed by atoms with Gasteiger partial charge in [-0.3, -0.25) is 19.3 Å². The summed E-state index contributed by atoms with van der Waals surface area (Å²) >= 11 is 0. The number of imide groups is 1. The van der Waals surface area contributed by atoms with Crippen molar-refractivity contribution in [3.63, 3.8) is 0 Å². The van der Waals surface area contributed by atoms with Gasteiger partial charge in [0.15, 0.2) is 5.78 Å². The molecule has 2 aromatic carbocycles. The average molecular weight is 337 g/mol. The van der Waals surface area contributed by atoms with Crippen molar-refractivity contribution >= 4 is 23.6 Å². The summed E-state index contributed by atoms with van der Waals surface area (Å²) in [5.41, 5.74) is 1.38. The molecule has 0 bridgehead atoms. The van der Waals surface area contributed by atoms with Crippen molar-refractivity contribution < 1.29 is 23.9 Å². The lowest BCUT2D eigenvalue weighted by Crippen LogP contribution is -2.29. The van der Waals surface area contributed by atoms with Crippen molar-refractivity contribution in [1.82, 2.24) is 4.90 Å². The Morgan fingerprint density at radius 1 is 0.960 bits per heavy atom. The Hall–Kier alpha value is -3.28. The highest BCUT2D eigenvalue weighted by Crippen LogP contribution is 2.26. The minimum atomic E-state index is -0.709. The van der Waals surface area contributed by atoms with Crippen LogP contribution in [-0.4, -0.2) is 35.1 Å². The van der Waals surface area contributed by atoms with Crippen LogP contribution in [0.25, 0.3) is 0 Å². The van der Waals surface area contributed by atoms with E-state index >= 15 is 0 Å². The summed E-state index contributed by atoms with van der Waals surface area (Å²) < 4.78 is 4.84. The number of ketones is 1. The van der Waals surface area contributed by atoms with E-state index < -0.39 is 17.8 Å². The van der Waals surface area contributed by atoms with E-state index in [1.165, 1.54) is 25.1 Å². The quantitative estimate of drug-likeness (QED) is 0.617. The molecule has 25 heavy (non-hydrogen) atoms. The van der Waals surface area contributed by atoms with E-state index in [0.717, 1.165) is 10.5 Å². The second-order valence-corrected chi connectivity index (χ2v) is 5.72. The fourth-order valence-corrected chi connectivity index (χ4v) is 2.58. The third kappa shape index (κ3) is 3.33. The van der Waals surface area contributed by atoms with Crippen molar-refractivity contribution in [3.05, 3.63) is 70.8 Å². The topological polar surface area (TPSA) is 80.8 Å². The molecule has 3 rings (SSSR count). The maximum atomic E-state index is 12.6. The molecule has 0 saturated heterocycles. The Bertz CT molecular complexity index is 873. The van der Waals surface area contributed by atoms with E-state index in [0.29, 0.717) is 0 Å². The summed E-state index contributed by atoms with van der Waals surface area (Å²) in [6.45, 7) is 1.14. The largest absolute Gasteiger partial charge is 0.454 e. The number of Topliss-reactive ketones (excluding diaryl/α,β-unsaturated/α-hetero) is 1. The first-order chi connectivity index (χ1) is 12.0. The van der Waals surface area contributed by atoms with Crippen LogP contribution < -0.4 is 0 Å². The van der Waals surface area contributed by atoms with Crippen LogP contribution in [0.2, 0.25) is 0 Å². The number of esters is 1. The number of carbonyl (C=O) groups is 4.